The summed E-state index contributed by atoms with van der Waals surface area (Å²) in [7, 11) is 0. The molecule has 1 aromatic carbocycles. The molecule has 3 nitrogen and oxygen atoms in total. The van der Waals surface area contributed by atoms with Crippen LogP contribution in [-0.4, -0.2) is 16.0 Å². The fraction of sp³-hybridized carbons (Fsp3) is 0.286. The Bertz CT molecular complexity index is 555. The minimum absolute atomic E-state index is 0.0756. The van der Waals surface area contributed by atoms with Gasteiger partial charge >= 0.3 is 0 Å². The first-order valence-corrected chi connectivity index (χ1v) is 6.44. The normalized spacial score (nSPS) is 11.0. The molecule has 0 amide bonds. The van der Waals surface area contributed by atoms with E-state index >= 15 is 0 Å². The maximum Gasteiger partial charge on any atom is 0.159 e. The van der Waals surface area contributed by atoms with Gasteiger partial charge in [0, 0.05) is 36.1 Å². The summed E-state index contributed by atoms with van der Waals surface area (Å²) in [5.74, 6) is 0.0957. The van der Waals surface area contributed by atoms with E-state index in [0.29, 0.717) is 17.4 Å². The van der Waals surface area contributed by atoms with Crippen molar-refractivity contribution in [2.24, 2.45) is 0 Å². The number of rotatable bonds is 4. The van der Waals surface area contributed by atoms with Crippen LogP contribution in [0.15, 0.2) is 30.6 Å². The fourth-order valence-electron chi connectivity index (χ4n) is 1.55. The van der Waals surface area contributed by atoms with E-state index < -0.39 is 5.82 Å². The lowest BCUT2D eigenvalue weighted by Gasteiger charge is -2.08. The zero-order chi connectivity index (χ0) is 13.8. The van der Waals surface area contributed by atoms with Crippen LogP contribution in [0.5, 0.6) is 0 Å². The van der Waals surface area contributed by atoms with Crippen molar-refractivity contribution in [3.05, 3.63) is 47.0 Å². The molecule has 0 spiro atoms. The summed E-state index contributed by atoms with van der Waals surface area (Å²) in [5, 5.41) is 3.36. The van der Waals surface area contributed by atoms with E-state index in [1.165, 1.54) is 12.1 Å². The average Bonchev–Trinajstić information content (AvgIpc) is 2.40. The largest absolute Gasteiger partial charge is 0.310 e. The molecule has 19 heavy (non-hydrogen) atoms. The van der Waals surface area contributed by atoms with Crippen molar-refractivity contribution >= 4 is 11.6 Å². The van der Waals surface area contributed by atoms with Crippen molar-refractivity contribution in [3.8, 4) is 11.4 Å². The molecule has 0 aliphatic rings. The van der Waals surface area contributed by atoms with Crippen molar-refractivity contribution in [1.82, 2.24) is 15.3 Å². The monoisotopic (exact) mass is 279 g/mol. The first kappa shape index (κ1) is 13.9. The van der Waals surface area contributed by atoms with Crippen molar-refractivity contribution in [2.45, 2.75) is 26.4 Å². The van der Waals surface area contributed by atoms with E-state index in [0.717, 1.165) is 12.1 Å². The number of nitrogens with one attached hydrogen (secondary N) is 1. The predicted octanol–water partition coefficient (Wildman–Crippen LogP) is 3.43. The lowest BCUT2D eigenvalue weighted by molar-refractivity contribution is 0.587. The van der Waals surface area contributed by atoms with E-state index in [1.54, 1.807) is 18.5 Å². The Kier molecular flexibility index (Phi) is 4.45. The molecule has 1 heterocycles. The van der Waals surface area contributed by atoms with Crippen LogP contribution in [0, 0.1) is 5.82 Å². The number of halogens is 2. The number of hydrogen-bond donors (Lipinski definition) is 1. The summed E-state index contributed by atoms with van der Waals surface area (Å²) in [6, 6.07) is 4.87. The maximum absolute atomic E-state index is 13.1. The van der Waals surface area contributed by atoms with Gasteiger partial charge in [-0.25, -0.2) is 14.4 Å². The minimum Gasteiger partial charge on any atom is -0.310 e. The molecular weight excluding hydrogens is 265 g/mol. The third kappa shape index (κ3) is 3.72. The van der Waals surface area contributed by atoms with Gasteiger partial charge in [-0.1, -0.05) is 25.4 Å². The Morgan fingerprint density at radius 3 is 2.53 bits per heavy atom. The quantitative estimate of drug-likeness (QED) is 0.932. The van der Waals surface area contributed by atoms with E-state index in [-0.39, 0.29) is 5.02 Å². The topological polar surface area (TPSA) is 37.8 Å². The lowest BCUT2D eigenvalue weighted by Crippen LogP contribution is -2.21. The first-order chi connectivity index (χ1) is 9.06. The van der Waals surface area contributed by atoms with Crippen LogP contribution in [0.1, 0.15) is 19.4 Å². The van der Waals surface area contributed by atoms with Gasteiger partial charge < -0.3 is 5.32 Å². The highest BCUT2D eigenvalue weighted by Gasteiger charge is 2.05. The van der Waals surface area contributed by atoms with Gasteiger partial charge in [-0.05, 0) is 18.2 Å². The summed E-state index contributed by atoms with van der Waals surface area (Å²) < 4.78 is 13.1. The van der Waals surface area contributed by atoms with Crippen LogP contribution in [0.25, 0.3) is 11.4 Å². The molecule has 0 radical (unpaired) electrons. The van der Waals surface area contributed by atoms with Gasteiger partial charge in [0.1, 0.15) is 5.82 Å². The second-order valence-electron chi connectivity index (χ2n) is 4.58. The van der Waals surface area contributed by atoms with Crippen molar-refractivity contribution in [2.75, 3.05) is 0 Å². The molecule has 1 N–H and O–H groups in total. The zero-order valence-electron chi connectivity index (χ0n) is 10.8. The van der Waals surface area contributed by atoms with Crippen molar-refractivity contribution in [3.63, 3.8) is 0 Å². The summed E-state index contributed by atoms with van der Waals surface area (Å²) in [5.41, 5.74) is 1.71. The number of aromatic nitrogens is 2. The zero-order valence-corrected chi connectivity index (χ0v) is 11.6. The maximum atomic E-state index is 13.1. The van der Waals surface area contributed by atoms with Crippen molar-refractivity contribution in [1.29, 1.82) is 0 Å². The summed E-state index contributed by atoms with van der Waals surface area (Å²) in [6.07, 6.45) is 3.52. The second kappa shape index (κ2) is 6.08. The molecule has 0 fully saturated rings. The Labute approximate surface area is 116 Å². The Morgan fingerprint density at radius 2 is 1.95 bits per heavy atom. The summed E-state index contributed by atoms with van der Waals surface area (Å²) in [6.45, 7) is 4.88. The van der Waals surface area contributed by atoms with Gasteiger partial charge in [0.25, 0.3) is 0 Å². The highest BCUT2D eigenvalue weighted by molar-refractivity contribution is 6.31. The van der Waals surface area contributed by atoms with Gasteiger partial charge in [0.15, 0.2) is 5.82 Å². The highest BCUT2D eigenvalue weighted by atomic mass is 35.5. The van der Waals surface area contributed by atoms with Crippen LogP contribution >= 0.6 is 11.6 Å². The van der Waals surface area contributed by atoms with Crippen LogP contribution in [0.2, 0.25) is 5.02 Å². The molecule has 5 heteroatoms. The lowest BCUT2D eigenvalue weighted by atomic mass is 10.2. The minimum atomic E-state index is -0.442. The Morgan fingerprint density at radius 1 is 1.26 bits per heavy atom. The van der Waals surface area contributed by atoms with Crippen LogP contribution < -0.4 is 5.32 Å². The third-order valence-corrected chi connectivity index (χ3v) is 2.89. The fourth-order valence-corrected chi connectivity index (χ4v) is 1.73. The molecule has 2 aromatic rings. The molecular formula is C14H15ClFN3. The second-order valence-corrected chi connectivity index (χ2v) is 4.99. The van der Waals surface area contributed by atoms with Gasteiger partial charge in [-0.3, -0.25) is 0 Å². The number of benzene rings is 1. The average molecular weight is 280 g/mol. The van der Waals surface area contributed by atoms with Crippen LogP contribution in [0.3, 0.4) is 0 Å². The third-order valence-electron chi connectivity index (χ3n) is 2.60. The van der Waals surface area contributed by atoms with Gasteiger partial charge in [-0.2, -0.15) is 0 Å². The van der Waals surface area contributed by atoms with E-state index in [1.807, 2.05) is 0 Å². The predicted molar refractivity (Wildman–Crippen MR) is 74.4 cm³/mol. The van der Waals surface area contributed by atoms with Gasteiger partial charge in [0.05, 0.1) is 5.02 Å². The molecule has 100 valence electrons. The molecule has 0 aliphatic heterocycles. The summed E-state index contributed by atoms with van der Waals surface area (Å²) in [4.78, 5) is 8.53. The Balaban J connectivity index is 2.15. The molecule has 0 saturated carbocycles. The van der Waals surface area contributed by atoms with Crippen molar-refractivity contribution < 1.29 is 4.39 Å². The van der Waals surface area contributed by atoms with Crippen LogP contribution in [0.4, 0.5) is 4.39 Å². The number of hydrogen-bond acceptors (Lipinski definition) is 3. The van der Waals surface area contributed by atoms with E-state index in [2.05, 4.69) is 29.1 Å². The molecule has 0 atom stereocenters. The highest BCUT2D eigenvalue weighted by Crippen LogP contribution is 2.22. The smallest absolute Gasteiger partial charge is 0.159 e. The van der Waals surface area contributed by atoms with Crippen LogP contribution in [-0.2, 0) is 6.54 Å². The molecule has 2 rings (SSSR count). The van der Waals surface area contributed by atoms with E-state index in [4.69, 9.17) is 11.6 Å². The molecule has 0 bridgehead atoms. The number of nitrogens with zero attached hydrogens (tertiary/aromatic N) is 2. The summed E-state index contributed by atoms with van der Waals surface area (Å²) >= 11 is 5.74. The standard InChI is InChI=1S/C14H15ClFN3/c1-9(2)17-6-10-7-18-14(19-8-10)11-3-4-13(16)12(15)5-11/h3-5,7-9,17H,6H2,1-2H3. The Hall–Kier alpha value is -1.52. The van der Waals surface area contributed by atoms with E-state index in [9.17, 15) is 4.39 Å². The molecule has 0 unspecified atom stereocenters. The molecule has 0 aliphatic carbocycles. The molecule has 1 aromatic heterocycles. The molecule has 0 saturated heterocycles. The van der Waals surface area contributed by atoms with Gasteiger partial charge in [0.2, 0.25) is 0 Å². The van der Waals surface area contributed by atoms with Gasteiger partial charge in [-0.15, -0.1) is 0 Å². The first-order valence-electron chi connectivity index (χ1n) is 6.06. The SMILES string of the molecule is CC(C)NCc1cnc(-c2ccc(F)c(Cl)c2)nc1.